The largest absolute Gasteiger partial charge is 0.315 e. The molecular weight excluding hydrogens is 172 g/mol. The summed E-state index contributed by atoms with van der Waals surface area (Å²) in [5.41, 5.74) is 0.847. The average Bonchev–Trinajstić information content (AvgIpc) is 2.06. The van der Waals surface area contributed by atoms with Gasteiger partial charge in [-0.3, -0.25) is 0 Å². The van der Waals surface area contributed by atoms with Gasteiger partial charge in [-0.25, -0.2) is 8.78 Å². The summed E-state index contributed by atoms with van der Waals surface area (Å²) in [7, 11) is 0. The molecular formula is C10H11F2N. The third-order valence-electron chi connectivity index (χ3n) is 2.65. The van der Waals surface area contributed by atoms with Gasteiger partial charge in [0.05, 0.1) is 0 Å². The Hall–Kier alpha value is -0.960. The zero-order valence-corrected chi connectivity index (χ0v) is 7.40. The standard InChI is InChI=1S/C10H11F2N/c1-10(5-13-6-10)7-2-3-8(11)9(12)4-7/h2-4,13H,5-6H2,1H3. The molecule has 0 aromatic heterocycles. The first-order valence-corrected chi connectivity index (χ1v) is 4.28. The molecule has 1 aliphatic heterocycles. The van der Waals surface area contributed by atoms with Gasteiger partial charge in [0.15, 0.2) is 11.6 Å². The highest BCUT2D eigenvalue weighted by molar-refractivity contribution is 5.29. The van der Waals surface area contributed by atoms with Crippen LogP contribution in [0.2, 0.25) is 0 Å². The Bertz CT molecular complexity index is 332. The lowest BCUT2D eigenvalue weighted by Crippen LogP contribution is -2.54. The van der Waals surface area contributed by atoms with Crippen LogP contribution >= 0.6 is 0 Å². The number of benzene rings is 1. The topological polar surface area (TPSA) is 12.0 Å². The van der Waals surface area contributed by atoms with Crippen molar-refractivity contribution in [1.82, 2.24) is 5.32 Å². The molecule has 1 fully saturated rings. The molecule has 0 aliphatic carbocycles. The molecule has 0 unspecified atom stereocenters. The minimum Gasteiger partial charge on any atom is -0.315 e. The van der Waals surface area contributed by atoms with Gasteiger partial charge in [-0.05, 0) is 17.7 Å². The zero-order valence-electron chi connectivity index (χ0n) is 7.40. The number of nitrogens with one attached hydrogen (secondary N) is 1. The summed E-state index contributed by atoms with van der Waals surface area (Å²) in [4.78, 5) is 0. The maximum Gasteiger partial charge on any atom is 0.159 e. The zero-order chi connectivity index (χ0) is 9.47. The third kappa shape index (κ3) is 1.33. The van der Waals surface area contributed by atoms with Crippen molar-refractivity contribution in [2.45, 2.75) is 12.3 Å². The summed E-state index contributed by atoms with van der Waals surface area (Å²) < 4.78 is 25.5. The Balaban J connectivity index is 2.36. The predicted molar refractivity (Wildman–Crippen MR) is 46.6 cm³/mol. The van der Waals surface area contributed by atoms with Crippen molar-refractivity contribution in [2.75, 3.05) is 13.1 Å². The molecule has 13 heavy (non-hydrogen) atoms. The molecule has 1 heterocycles. The highest BCUT2D eigenvalue weighted by atomic mass is 19.2. The lowest BCUT2D eigenvalue weighted by atomic mass is 9.77. The summed E-state index contributed by atoms with van der Waals surface area (Å²) in [6.07, 6.45) is 0. The molecule has 1 aromatic rings. The Morgan fingerprint density at radius 2 is 1.92 bits per heavy atom. The van der Waals surface area contributed by atoms with Gasteiger partial charge in [0, 0.05) is 18.5 Å². The van der Waals surface area contributed by atoms with Crippen molar-refractivity contribution >= 4 is 0 Å². The predicted octanol–water partition coefficient (Wildman–Crippen LogP) is 1.83. The van der Waals surface area contributed by atoms with Crippen molar-refractivity contribution < 1.29 is 8.78 Å². The van der Waals surface area contributed by atoms with Crippen LogP contribution in [0.25, 0.3) is 0 Å². The minimum atomic E-state index is -0.778. The SMILES string of the molecule is CC1(c2ccc(F)c(F)c2)CNC1. The Morgan fingerprint density at radius 3 is 2.38 bits per heavy atom. The van der Waals surface area contributed by atoms with Gasteiger partial charge in [0.1, 0.15) is 0 Å². The van der Waals surface area contributed by atoms with Crippen LogP contribution in [0.5, 0.6) is 0 Å². The first-order chi connectivity index (χ1) is 6.12. The van der Waals surface area contributed by atoms with Crippen LogP contribution in [0.3, 0.4) is 0 Å². The summed E-state index contributed by atoms with van der Waals surface area (Å²) in [6, 6.07) is 4.13. The smallest absolute Gasteiger partial charge is 0.159 e. The van der Waals surface area contributed by atoms with E-state index in [1.807, 2.05) is 6.92 Å². The highest BCUT2D eigenvalue weighted by Crippen LogP contribution is 2.28. The van der Waals surface area contributed by atoms with Crippen molar-refractivity contribution in [3.63, 3.8) is 0 Å². The Kier molecular flexibility index (Phi) is 1.84. The average molecular weight is 183 g/mol. The fourth-order valence-corrected chi connectivity index (χ4v) is 1.58. The number of hydrogen-bond acceptors (Lipinski definition) is 1. The van der Waals surface area contributed by atoms with E-state index in [2.05, 4.69) is 5.32 Å². The normalized spacial score (nSPS) is 19.6. The van der Waals surface area contributed by atoms with Crippen LogP contribution in [0, 0.1) is 11.6 Å². The molecule has 0 bridgehead atoms. The maximum atomic E-state index is 12.9. The molecule has 0 atom stereocenters. The van der Waals surface area contributed by atoms with Gasteiger partial charge in [0.25, 0.3) is 0 Å². The number of halogens is 2. The lowest BCUT2D eigenvalue weighted by molar-refractivity contribution is 0.304. The lowest BCUT2D eigenvalue weighted by Gasteiger charge is -2.39. The Labute approximate surface area is 75.8 Å². The van der Waals surface area contributed by atoms with Crippen LogP contribution < -0.4 is 5.32 Å². The monoisotopic (exact) mass is 183 g/mol. The van der Waals surface area contributed by atoms with E-state index in [9.17, 15) is 8.78 Å². The van der Waals surface area contributed by atoms with Crippen LogP contribution in [0.4, 0.5) is 8.78 Å². The second-order valence-corrected chi connectivity index (χ2v) is 3.79. The summed E-state index contributed by atoms with van der Waals surface area (Å²) in [5, 5.41) is 3.12. The van der Waals surface area contributed by atoms with Gasteiger partial charge >= 0.3 is 0 Å². The van der Waals surface area contributed by atoms with Gasteiger partial charge in [-0.2, -0.15) is 0 Å². The second kappa shape index (κ2) is 2.77. The molecule has 2 rings (SSSR count). The first kappa shape index (κ1) is 8.63. The van der Waals surface area contributed by atoms with Crippen LogP contribution in [0.15, 0.2) is 18.2 Å². The van der Waals surface area contributed by atoms with E-state index >= 15 is 0 Å². The van der Waals surface area contributed by atoms with Gasteiger partial charge in [-0.1, -0.05) is 13.0 Å². The molecule has 0 amide bonds. The fourth-order valence-electron chi connectivity index (χ4n) is 1.58. The van der Waals surface area contributed by atoms with E-state index in [-0.39, 0.29) is 5.41 Å². The second-order valence-electron chi connectivity index (χ2n) is 3.79. The van der Waals surface area contributed by atoms with Crippen molar-refractivity contribution in [1.29, 1.82) is 0 Å². The van der Waals surface area contributed by atoms with Crippen molar-refractivity contribution in [3.8, 4) is 0 Å². The molecule has 1 aliphatic rings. The quantitative estimate of drug-likeness (QED) is 0.700. The highest BCUT2D eigenvalue weighted by Gasteiger charge is 2.33. The van der Waals surface area contributed by atoms with E-state index in [4.69, 9.17) is 0 Å². The number of hydrogen-bond donors (Lipinski definition) is 1. The number of rotatable bonds is 1. The Morgan fingerprint density at radius 1 is 1.23 bits per heavy atom. The summed E-state index contributed by atoms with van der Waals surface area (Å²) in [6.45, 7) is 3.70. The molecule has 0 spiro atoms. The molecule has 1 N–H and O–H groups in total. The molecule has 1 nitrogen and oxygen atoms in total. The van der Waals surface area contributed by atoms with Crippen molar-refractivity contribution in [3.05, 3.63) is 35.4 Å². The molecule has 1 saturated heterocycles. The fraction of sp³-hybridized carbons (Fsp3) is 0.400. The van der Waals surface area contributed by atoms with Crippen LogP contribution in [-0.2, 0) is 5.41 Å². The van der Waals surface area contributed by atoms with E-state index in [1.54, 1.807) is 6.07 Å². The van der Waals surface area contributed by atoms with Gasteiger partial charge in [-0.15, -0.1) is 0 Å². The van der Waals surface area contributed by atoms with Gasteiger partial charge < -0.3 is 5.32 Å². The molecule has 0 saturated carbocycles. The summed E-state index contributed by atoms with van der Waals surface area (Å²) in [5.74, 6) is -1.54. The summed E-state index contributed by atoms with van der Waals surface area (Å²) >= 11 is 0. The van der Waals surface area contributed by atoms with E-state index in [1.165, 1.54) is 12.1 Å². The third-order valence-corrected chi connectivity index (χ3v) is 2.65. The first-order valence-electron chi connectivity index (χ1n) is 4.28. The van der Waals surface area contributed by atoms with Gasteiger partial charge in [0.2, 0.25) is 0 Å². The van der Waals surface area contributed by atoms with Crippen LogP contribution in [-0.4, -0.2) is 13.1 Å². The van der Waals surface area contributed by atoms with E-state index in [0.29, 0.717) is 0 Å². The minimum absolute atomic E-state index is 0.0193. The van der Waals surface area contributed by atoms with E-state index in [0.717, 1.165) is 18.7 Å². The van der Waals surface area contributed by atoms with Crippen molar-refractivity contribution in [2.24, 2.45) is 0 Å². The van der Waals surface area contributed by atoms with E-state index < -0.39 is 11.6 Å². The molecule has 70 valence electrons. The van der Waals surface area contributed by atoms with Crippen LogP contribution in [0.1, 0.15) is 12.5 Å². The molecule has 3 heteroatoms. The molecule has 0 radical (unpaired) electrons. The molecule has 1 aromatic carbocycles. The maximum absolute atomic E-state index is 12.9.